The molecule has 0 aromatic carbocycles. The number of pyridine rings is 2. The summed E-state index contributed by atoms with van der Waals surface area (Å²) in [5.41, 5.74) is 2.92. The fourth-order valence-corrected chi connectivity index (χ4v) is 3.68. The predicted molar refractivity (Wildman–Crippen MR) is 113 cm³/mol. The van der Waals surface area contributed by atoms with Crippen LogP contribution in [0.3, 0.4) is 0 Å². The number of hydrogen-bond acceptors (Lipinski definition) is 5. The Morgan fingerprint density at radius 3 is 2.55 bits per heavy atom. The van der Waals surface area contributed by atoms with Crippen LogP contribution >= 0.6 is 11.6 Å². The van der Waals surface area contributed by atoms with Gasteiger partial charge in [-0.15, -0.1) is 0 Å². The molecule has 0 atom stereocenters. The van der Waals surface area contributed by atoms with Gasteiger partial charge in [-0.3, -0.25) is 4.79 Å². The third-order valence-corrected chi connectivity index (χ3v) is 5.27. The normalized spacial score (nSPS) is 13.7. The quantitative estimate of drug-likeness (QED) is 0.697. The highest BCUT2D eigenvalue weighted by Crippen LogP contribution is 2.19. The summed E-state index contributed by atoms with van der Waals surface area (Å²) in [6, 6.07) is 9.36. The lowest BCUT2D eigenvalue weighted by molar-refractivity contribution is 0.0946. The van der Waals surface area contributed by atoms with Crippen LogP contribution in [0.25, 0.3) is 5.82 Å². The second-order valence-corrected chi connectivity index (χ2v) is 7.65. The summed E-state index contributed by atoms with van der Waals surface area (Å²) < 4.78 is 1.70. The Morgan fingerprint density at radius 1 is 1.14 bits per heavy atom. The number of carbonyl (C=O) groups is 1. The molecule has 3 aromatic rings. The second kappa shape index (κ2) is 8.21. The molecule has 150 valence electrons. The molecular formula is C21H23ClN6O. The topological polar surface area (TPSA) is 75.9 Å². The minimum Gasteiger partial charge on any atom is -0.357 e. The molecule has 4 rings (SSSR count). The van der Waals surface area contributed by atoms with E-state index >= 15 is 0 Å². The SMILES string of the molecule is Cc1cc(C)n(-c2ccc(Cl)c(C(=O)NCc3ccc(N4CCCC4)nc3)n2)n1. The zero-order valence-electron chi connectivity index (χ0n) is 16.5. The first-order chi connectivity index (χ1) is 14.0. The van der Waals surface area contributed by atoms with Gasteiger partial charge in [0.2, 0.25) is 0 Å². The van der Waals surface area contributed by atoms with Crippen molar-refractivity contribution in [1.29, 1.82) is 0 Å². The van der Waals surface area contributed by atoms with E-state index in [-0.39, 0.29) is 11.6 Å². The van der Waals surface area contributed by atoms with Gasteiger partial charge in [0.05, 0.1) is 10.7 Å². The average Bonchev–Trinajstić information content (AvgIpc) is 3.36. The number of aryl methyl sites for hydroxylation is 2. The van der Waals surface area contributed by atoms with Crippen LogP contribution in [0.4, 0.5) is 5.82 Å². The second-order valence-electron chi connectivity index (χ2n) is 7.24. The fraction of sp³-hybridized carbons (Fsp3) is 0.333. The van der Waals surface area contributed by atoms with Crippen LogP contribution < -0.4 is 10.2 Å². The number of nitrogens with zero attached hydrogens (tertiary/aromatic N) is 5. The van der Waals surface area contributed by atoms with Crippen LogP contribution in [-0.4, -0.2) is 38.7 Å². The number of rotatable bonds is 5. The van der Waals surface area contributed by atoms with Crippen LogP contribution in [-0.2, 0) is 6.54 Å². The maximum atomic E-state index is 12.7. The molecule has 0 radical (unpaired) electrons. The molecule has 0 unspecified atom stereocenters. The first-order valence-electron chi connectivity index (χ1n) is 9.69. The largest absolute Gasteiger partial charge is 0.357 e. The van der Waals surface area contributed by atoms with E-state index < -0.39 is 0 Å². The molecule has 1 N–H and O–H groups in total. The maximum Gasteiger partial charge on any atom is 0.271 e. The standard InChI is InChI=1S/C21H23ClN6O/c1-14-11-15(2)28(26-14)19-8-6-17(22)20(25-19)21(29)24-13-16-5-7-18(23-12-16)27-9-3-4-10-27/h5-8,11-12H,3-4,9-10,13H2,1-2H3,(H,24,29). The molecule has 1 aliphatic heterocycles. The molecule has 0 aliphatic carbocycles. The van der Waals surface area contributed by atoms with Crippen LogP contribution in [0.5, 0.6) is 0 Å². The van der Waals surface area contributed by atoms with Gasteiger partial charge >= 0.3 is 0 Å². The van der Waals surface area contributed by atoms with Crippen molar-refractivity contribution in [3.63, 3.8) is 0 Å². The molecule has 4 heterocycles. The van der Waals surface area contributed by atoms with Gasteiger partial charge in [0.15, 0.2) is 5.82 Å². The number of amides is 1. The highest BCUT2D eigenvalue weighted by Gasteiger charge is 2.16. The Morgan fingerprint density at radius 2 is 1.90 bits per heavy atom. The Balaban J connectivity index is 1.45. The first-order valence-corrected chi connectivity index (χ1v) is 10.1. The summed E-state index contributed by atoms with van der Waals surface area (Å²) in [4.78, 5) is 23.9. The van der Waals surface area contributed by atoms with Crippen molar-refractivity contribution in [2.75, 3.05) is 18.0 Å². The van der Waals surface area contributed by atoms with E-state index in [1.54, 1.807) is 23.0 Å². The third-order valence-electron chi connectivity index (χ3n) is 4.97. The Bertz CT molecular complexity index is 1020. The van der Waals surface area contributed by atoms with Gasteiger partial charge in [0.25, 0.3) is 5.91 Å². The first kappa shape index (κ1) is 19.4. The predicted octanol–water partition coefficient (Wildman–Crippen LogP) is 3.46. The van der Waals surface area contributed by atoms with Crippen molar-refractivity contribution in [2.24, 2.45) is 0 Å². The molecule has 0 bridgehead atoms. The summed E-state index contributed by atoms with van der Waals surface area (Å²) >= 11 is 6.23. The smallest absolute Gasteiger partial charge is 0.271 e. The summed E-state index contributed by atoms with van der Waals surface area (Å²) in [5.74, 6) is 1.21. The van der Waals surface area contributed by atoms with E-state index in [4.69, 9.17) is 11.6 Å². The molecule has 1 aliphatic rings. The highest BCUT2D eigenvalue weighted by molar-refractivity contribution is 6.33. The van der Waals surface area contributed by atoms with E-state index in [1.807, 2.05) is 32.0 Å². The van der Waals surface area contributed by atoms with Crippen molar-refractivity contribution < 1.29 is 4.79 Å². The van der Waals surface area contributed by atoms with Crippen molar-refractivity contribution >= 4 is 23.3 Å². The molecule has 0 saturated carbocycles. The molecule has 7 nitrogen and oxygen atoms in total. The van der Waals surface area contributed by atoms with Crippen LogP contribution in [0, 0.1) is 13.8 Å². The number of anilines is 1. The monoisotopic (exact) mass is 410 g/mol. The lowest BCUT2D eigenvalue weighted by Gasteiger charge is -2.16. The zero-order valence-corrected chi connectivity index (χ0v) is 17.3. The van der Waals surface area contributed by atoms with E-state index in [2.05, 4.69) is 25.3 Å². The van der Waals surface area contributed by atoms with E-state index in [1.165, 1.54) is 12.8 Å². The molecule has 1 amide bonds. The third kappa shape index (κ3) is 4.24. The van der Waals surface area contributed by atoms with Crippen molar-refractivity contribution in [3.05, 3.63) is 64.2 Å². The van der Waals surface area contributed by atoms with Crippen LogP contribution in [0.1, 0.15) is 40.3 Å². The maximum absolute atomic E-state index is 12.7. The minimum atomic E-state index is -0.331. The highest BCUT2D eigenvalue weighted by atomic mass is 35.5. The zero-order chi connectivity index (χ0) is 20.4. The van der Waals surface area contributed by atoms with Gasteiger partial charge in [0, 0.05) is 31.5 Å². The van der Waals surface area contributed by atoms with Gasteiger partial charge in [-0.1, -0.05) is 17.7 Å². The van der Waals surface area contributed by atoms with E-state index in [0.29, 0.717) is 17.4 Å². The van der Waals surface area contributed by atoms with Gasteiger partial charge in [-0.2, -0.15) is 5.10 Å². The summed E-state index contributed by atoms with van der Waals surface area (Å²) in [6.07, 6.45) is 4.23. The number of hydrogen-bond donors (Lipinski definition) is 1. The number of aromatic nitrogens is 4. The number of nitrogens with one attached hydrogen (secondary N) is 1. The molecule has 1 saturated heterocycles. The average molecular weight is 411 g/mol. The van der Waals surface area contributed by atoms with Gasteiger partial charge in [-0.05, 0) is 56.5 Å². The van der Waals surface area contributed by atoms with E-state index in [0.717, 1.165) is 35.9 Å². The van der Waals surface area contributed by atoms with Crippen LogP contribution in [0.2, 0.25) is 5.02 Å². The molecule has 8 heteroatoms. The van der Waals surface area contributed by atoms with Crippen LogP contribution in [0.15, 0.2) is 36.5 Å². The molecular weight excluding hydrogens is 388 g/mol. The molecule has 3 aromatic heterocycles. The molecule has 1 fully saturated rings. The Kier molecular flexibility index (Phi) is 5.49. The Hall–Kier alpha value is -2.93. The minimum absolute atomic E-state index is 0.179. The lowest BCUT2D eigenvalue weighted by atomic mass is 10.2. The van der Waals surface area contributed by atoms with Gasteiger partial charge < -0.3 is 10.2 Å². The number of carbonyl (C=O) groups excluding carboxylic acids is 1. The summed E-state index contributed by atoms with van der Waals surface area (Å²) in [7, 11) is 0. The molecule has 29 heavy (non-hydrogen) atoms. The van der Waals surface area contributed by atoms with Gasteiger partial charge in [0.1, 0.15) is 11.5 Å². The Labute approximate surface area is 174 Å². The van der Waals surface area contributed by atoms with E-state index in [9.17, 15) is 4.79 Å². The lowest BCUT2D eigenvalue weighted by Crippen LogP contribution is -2.25. The number of halogens is 1. The van der Waals surface area contributed by atoms with Gasteiger partial charge in [-0.25, -0.2) is 14.6 Å². The van der Waals surface area contributed by atoms with Crippen molar-refractivity contribution in [3.8, 4) is 5.82 Å². The summed E-state index contributed by atoms with van der Waals surface area (Å²) in [5, 5.41) is 7.59. The van der Waals surface area contributed by atoms with Crippen molar-refractivity contribution in [1.82, 2.24) is 25.1 Å². The molecule has 0 spiro atoms. The van der Waals surface area contributed by atoms with Crippen molar-refractivity contribution in [2.45, 2.75) is 33.2 Å². The summed E-state index contributed by atoms with van der Waals surface area (Å²) in [6.45, 7) is 6.32. The fourth-order valence-electron chi connectivity index (χ4n) is 3.49.